The van der Waals surface area contributed by atoms with Gasteiger partial charge in [0, 0.05) is 38.6 Å². The van der Waals surface area contributed by atoms with Gasteiger partial charge in [0.25, 0.3) is 5.91 Å². The maximum atomic E-state index is 12.2. The fourth-order valence-corrected chi connectivity index (χ4v) is 2.08. The molecule has 1 heterocycles. The standard InChI is InChI=1S/C16H20N4O/c1-11-9-18-7-6-13(11)10-19-16(21)12-4-5-15(20(2)3)14(17)8-12/h4-9H,10,17H2,1-3H3,(H,19,21). The normalized spacial score (nSPS) is 10.2. The Bertz CT molecular complexity index is 652. The molecule has 0 atom stereocenters. The van der Waals surface area contributed by atoms with Crippen molar-refractivity contribution in [1.82, 2.24) is 10.3 Å². The van der Waals surface area contributed by atoms with Gasteiger partial charge in [0.1, 0.15) is 0 Å². The molecule has 0 saturated heterocycles. The van der Waals surface area contributed by atoms with E-state index >= 15 is 0 Å². The zero-order valence-electron chi connectivity index (χ0n) is 12.6. The third-order valence-electron chi connectivity index (χ3n) is 3.35. The topological polar surface area (TPSA) is 71.2 Å². The summed E-state index contributed by atoms with van der Waals surface area (Å²) >= 11 is 0. The van der Waals surface area contributed by atoms with Crippen molar-refractivity contribution >= 4 is 17.3 Å². The Morgan fingerprint density at radius 3 is 2.71 bits per heavy atom. The Hall–Kier alpha value is -2.56. The lowest BCUT2D eigenvalue weighted by molar-refractivity contribution is 0.0951. The predicted octanol–water partition coefficient (Wildman–Crippen LogP) is 1.97. The Morgan fingerprint density at radius 2 is 2.10 bits per heavy atom. The molecule has 1 aromatic heterocycles. The number of nitrogens with zero attached hydrogens (tertiary/aromatic N) is 2. The maximum absolute atomic E-state index is 12.2. The second-order valence-electron chi connectivity index (χ2n) is 5.15. The lowest BCUT2D eigenvalue weighted by Gasteiger charge is -2.16. The summed E-state index contributed by atoms with van der Waals surface area (Å²) in [6.45, 7) is 2.45. The summed E-state index contributed by atoms with van der Waals surface area (Å²) in [7, 11) is 3.83. The van der Waals surface area contributed by atoms with Crippen LogP contribution in [0.1, 0.15) is 21.5 Å². The molecule has 5 nitrogen and oxygen atoms in total. The first-order valence-corrected chi connectivity index (χ1v) is 6.73. The van der Waals surface area contributed by atoms with Gasteiger partial charge in [0.15, 0.2) is 0 Å². The van der Waals surface area contributed by atoms with E-state index in [2.05, 4.69) is 10.3 Å². The zero-order valence-corrected chi connectivity index (χ0v) is 12.6. The Morgan fingerprint density at radius 1 is 1.33 bits per heavy atom. The van der Waals surface area contributed by atoms with Gasteiger partial charge in [-0.3, -0.25) is 9.78 Å². The number of carbonyl (C=O) groups excluding carboxylic acids is 1. The molecule has 0 unspecified atom stereocenters. The van der Waals surface area contributed by atoms with Crippen LogP contribution in [-0.4, -0.2) is 25.0 Å². The average molecular weight is 284 g/mol. The summed E-state index contributed by atoms with van der Waals surface area (Å²) < 4.78 is 0. The molecule has 0 saturated carbocycles. The number of amides is 1. The molecule has 21 heavy (non-hydrogen) atoms. The van der Waals surface area contributed by atoms with E-state index in [0.29, 0.717) is 17.8 Å². The van der Waals surface area contributed by atoms with E-state index < -0.39 is 0 Å². The minimum absolute atomic E-state index is 0.136. The van der Waals surface area contributed by atoms with Crippen molar-refractivity contribution < 1.29 is 4.79 Å². The number of anilines is 2. The third kappa shape index (κ3) is 3.51. The highest BCUT2D eigenvalue weighted by Crippen LogP contribution is 2.22. The van der Waals surface area contributed by atoms with E-state index in [0.717, 1.165) is 16.8 Å². The van der Waals surface area contributed by atoms with Gasteiger partial charge in [0.2, 0.25) is 0 Å². The fourth-order valence-electron chi connectivity index (χ4n) is 2.08. The summed E-state index contributed by atoms with van der Waals surface area (Å²) in [5.74, 6) is -0.136. The number of pyridine rings is 1. The molecule has 0 aliphatic heterocycles. The van der Waals surface area contributed by atoms with Crippen LogP contribution in [-0.2, 0) is 6.54 Å². The van der Waals surface area contributed by atoms with Gasteiger partial charge in [0.05, 0.1) is 11.4 Å². The summed E-state index contributed by atoms with van der Waals surface area (Å²) in [4.78, 5) is 18.1. The number of rotatable bonds is 4. The van der Waals surface area contributed by atoms with E-state index in [9.17, 15) is 4.79 Å². The predicted molar refractivity (Wildman–Crippen MR) is 85.3 cm³/mol. The molecular formula is C16H20N4O. The smallest absolute Gasteiger partial charge is 0.251 e. The molecule has 2 rings (SSSR count). The van der Waals surface area contributed by atoms with E-state index in [1.807, 2.05) is 38.1 Å². The maximum Gasteiger partial charge on any atom is 0.251 e. The lowest BCUT2D eigenvalue weighted by atomic mass is 10.1. The van der Waals surface area contributed by atoms with Gasteiger partial charge in [-0.25, -0.2) is 0 Å². The molecule has 5 heteroatoms. The Balaban J connectivity index is 2.07. The average Bonchev–Trinajstić information content (AvgIpc) is 2.45. The first-order valence-electron chi connectivity index (χ1n) is 6.73. The minimum Gasteiger partial charge on any atom is -0.397 e. The van der Waals surface area contributed by atoms with Crippen LogP contribution in [0.3, 0.4) is 0 Å². The first kappa shape index (κ1) is 14.8. The van der Waals surface area contributed by atoms with Crippen LogP contribution in [0.15, 0.2) is 36.7 Å². The van der Waals surface area contributed by atoms with Gasteiger partial charge in [-0.05, 0) is 42.3 Å². The second kappa shape index (κ2) is 6.26. The number of aryl methyl sites for hydroxylation is 1. The highest BCUT2D eigenvalue weighted by atomic mass is 16.1. The molecule has 0 spiro atoms. The van der Waals surface area contributed by atoms with Crippen LogP contribution in [0.4, 0.5) is 11.4 Å². The zero-order chi connectivity index (χ0) is 15.4. The van der Waals surface area contributed by atoms with Crippen LogP contribution < -0.4 is 16.0 Å². The molecule has 3 N–H and O–H groups in total. The van der Waals surface area contributed by atoms with Gasteiger partial charge >= 0.3 is 0 Å². The number of nitrogens with one attached hydrogen (secondary N) is 1. The third-order valence-corrected chi connectivity index (χ3v) is 3.35. The molecule has 0 radical (unpaired) electrons. The minimum atomic E-state index is -0.136. The van der Waals surface area contributed by atoms with Crippen LogP contribution >= 0.6 is 0 Å². The highest BCUT2D eigenvalue weighted by molar-refractivity contribution is 5.96. The molecule has 1 aromatic carbocycles. The SMILES string of the molecule is Cc1cnccc1CNC(=O)c1ccc(N(C)C)c(N)c1. The quantitative estimate of drug-likeness (QED) is 0.842. The second-order valence-corrected chi connectivity index (χ2v) is 5.15. The van der Waals surface area contributed by atoms with Crippen LogP contribution in [0.2, 0.25) is 0 Å². The molecule has 0 aliphatic rings. The summed E-state index contributed by atoms with van der Waals surface area (Å²) in [5, 5.41) is 2.90. The van der Waals surface area contributed by atoms with Crippen molar-refractivity contribution in [3.05, 3.63) is 53.3 Å². The largest absolute Gasteiger partial charge is 0.397 e. The fraction of sp³-hybridized carbons (Fsp3) is 0.250. The van der Waals surface area contributed by atoms with Gasteiger partial charge < -0.3 is 16.0 Å². The van der Waals surface area contributed by atoms with Crippen LogP contribution in [0, 0.1) is 6.92 Å². The summed E-state index contributed by atoms with van der Waals surface area (Å²) in [6.07, 6.45) is 3.50. The number of nitrogens with two attached hydrogens (primary N) is 1. The van der Waals surface area contributed by atoms with Gasteiger partial charge in [-0.15, -0.1) is 0 Å². The van der Waals surface area contributed by atoms with Crippen LogP contribution in [0.5, 0.6) is 0 Å². The molecule has 0 aliphatic carbocycles. The van der Waals surface area contributed by atoms with Crippen LogP contribution in [0.25, 0.3) is 0 Å². The van der Waals surface area contributed by atoms with Crippen molar-refractivity contribution in [1.29, 1.82) is 0 Å². The number of hydrogen-bond acceptors (Lipinski definition) is 4. The molecule has 0 bridgehead atoms. The van der Waals surface area contributed by atoms with E-state index in [1.54, 1.807) is 24.5 Å². The number of hydrogen-bond donors (Lipinski definition) is 2. The highest BCUT2D eigenvalue weighted by Gasteiger charge is 2.09. The number of carbonyl (C=O) groups is 1. The lowest BCUT2D eigenvalue weighted by Crippen LogP contribution is -2.23. The van der Waals surface area contributed by atoms with E-state index in [-0.39, 0.29) is 5.91 Å². The van der Waals surface area contributed by atoms with Crippen molar-refractivity contribution in [3.63, 3.8) is 0 Å². The number of benzene rings is 1. The molecule has 110 valence electrons. The Kier molecular flexibility index (Phi) is 4.42. The molecular weight excluding hydrogens is 264 g/mol. The summed E-state index contributed by atoms with van der Waals surface area (Å²) in [5.41, 5.74) is 10.1. The van der Waals surface area contributed by atoms with E-state index in [4.69, 9.17) is 5.73 Å². The molecule has 0 fully saturated rings. The first-order chi connectivity index (χ1) is 9.99. The van der Waals surface area contributed by atoms with Crippen molar-refractivity contribution in [3.8, 4) is 0 Å². The Labute approximate surface area is 124 Å². The van der Waals surface area contributed by atoms with Crippen molar-refractivity contribution in [2.75, 3.05) is 24.7 Å². The number of nitrogen functional groups attached to an aromatic ring is 1. The van der Waals surface area contributed by atoms with E-state index in [1.165, 1.54) is 0 Å². The van der Waals surface area contributed by atoms with Crippen molar-refractivity contribution in [2.45, 2.75) is 13.5 Å². The number of aromatic nitrogens is 1. The molecule has 1 amide bonds. The van der Waals surface area contributed by atoms with Crippen molar-refractivity contribution in [2.24, 2.45) is 0 Å². The van der Waals surface area contributed by atoms with Gasteiger partial charge in [-0.1, -0.05) is 0 Å². The van der Waals surface area contributed by atoms with Gasteiger partial charge in [-0.2, -0.15) is 0 Å². The summed E-state index contributed by atoms with van der Waals surface area (Å²) in [6, 6.07) is 7.23. The monoisotopic (exact) mass is 284 g/mol. The molecule has 2 aromatic rings.